The Bertz CT molecular complexity index is 1040. The van der Waals surface area contributed by atoms with Crippen molar-refractivity contribution in [2.45, 2.75) is 46.1 Å². The molecule has 0 spiro atoms. The third kappa shape index (κ3) is 4.75. The highest BCUT2D eigenvalue weighted by Crippen LogP contribution is 2.34. The third-order valence-electron chi connectivity index (χ3n) is 6.68. The largest absolute Gasteiger partial charge is 0.369 e. The first-order valence-electron chi connectivity index (χ1n) is 11.4. The van der Waals surface area contributed by atoms with Crippen LogP contribution in [0.4, 0.5) is 0 Å². The van der Waals surface area contributed by atoms with Crippen LogP contribution in [-0.2, 0) is 9.59 Å². The minimum atomic E-state index is -0.238. The van der Waals surface area contributed by atoms with Crippen LogP contribution in [0.5, 0.6) is 0 Å². The third-order valence-corrected chi connectivity index (χ3v) is 6.68. The van der Waals surface area contributed by atoms with Crippen LogP contribution in [0.3, 0.4) is 0 Å². The van der Waals surface area contributed by atoms with Crippen molar-refractivity contribution >= 4 is 17.5 Å². The van der Waals surface area contributed by atoms with Crippen molar-refractivity contribution in [1.29, 1.82) is 0 Å². The lowest BCUT2D eigenvalue weighted by molar-refractivity contribution is -0.134. The minimum absolute atomic E-state index is 0.00611. The highest BCUT2D eigenvalue weighted by molar-refractivity contribution is 6.04. The van der Waals surface area contributed by atoms with Crippen molar-refractivity contribution < 1.29 is 9.59 Å². The van der Waals surface area contributed by atoms with Crippen LogP contribution in [0, 0.1) is 26.7 Å². The molecule has 6 nitrogen and oxygen atoms in total. The predicted octanol–water partition coefficient (Wildman–Crippen LogP) is 3.49. The topological polar surface area (TPSA) is 79.0 Å². The summed E-state index contributed by atoms with van der Waals surface area (Å²) in [5, 5.41) is 6.53. The van der Waals surface area contributed by atoms with E-state index in [2.05, 4.69) is 68.1 Å². The maximum absolute atomic E-state index is 13.4. The number of amides is 2. The first-order chi connectivity index (χ1) is 15.3. The molecule has 0 unspecified atom stereocenters. The predicted molar refractivity (Wildman–Crippen MR) is 126 cm³/mol. The van der Waals surface area contributed by atoms with Crippen molar-refractivity contribution in [1.82, 2.24) is 9.91 Å². The van der Waals surface area contributed by atoms with Gasteiger partial charge in [-0.05, 0) is 63.9 Å². The molecule has 32 heavy (non-hydrogen) atoms. The van der Waals surface area contributed by atoms with Gasteiger partial charge in [0.1, 0.15) is 0 Å². The second-order valence-corrected chi connectivity index (χ2v) is 9.19. The Morgan fingerprint density at radius 1 is 1.00 bits per heavy atom. The maximum atomic E-state index is 13.4. The van der Waals surface area contributed by atoms with Gasteiger partial charge in [0, 0.05) is 17.9 Å². The molecule has 2 heterocycles. The number of carbonyl (C=O) groups is 2. The molecule has 2 aromatic rings. The zero-order valence-corrected chi connectivity index (χ0v) is 19.2. The minimum Gasteiger partial charge on any atom is -0.369 e. The lowest BCUT2D eigenvalue weighted by atomic mass is 9.94. The molecule has 2 aliphatic rings. The quantitative estimate of drug-likeness (QED) is 0.786. The smallest absolute Gasteiger partial charge is 0.257 e. The Labute approximate surface area is 190 Å². The molecule has 1 saturated heterocycles. The van der Waals surface area contributed by atoms with E-state index in [9.17, 15) is 9.59 Å². The molecule has 2 N–H and O–H groups in total. The summed E-state index contributed by atoms with van der Waals surface area (Å²) in [7, 11) is 0. The fourth-order valence-electron chi connectivity index (χ4n) is 4.64. The highest BCUT2D eigenvalue weighted by atomic mass is 16.2. The molecule has 0 radical (unpaired) electrons. The number of piperidine rings is 1. The molecule has 168 valence electrons. The Kier molecular flexibility index (Phi) is 6.42. The summed E-state index contributed by atoms with van der Waals surface area (Å²) in [6.07, 6.45) is 2.12. The molecule has 0 bridgehead atoms. The molecule has 2 aliphatic heterocycles. The summed E-state index contributed by atoms with van der Waals surface area (Å²) >= 11 is 0. The average Bonchev–Trinajstić information content (AvgIpc) is 3.22. The zero-order valence-electron chi connectivity index (χ0n) is 19.2. The molecule has 1 fully saturated rings. The molecule has 2 aromatic carbocycles. The van der Waals surface area contributed by atoms with Gasteiger partial charge in [-0.1, -0.05) is 47.5 Å². The number of aryl methyl sites for hydroxylation is 3. The highest BCUT2D eigenvalue weighted by Gasteiger charge is 2.35. The van der Waals surface area contributed by atoms with E-state index in [1.807, 2.05) is 0 Å². The number of hydrogen-bond acceptors (Lipinski definition) is 4. The molecular weight excluding hydrogens is 400 g/mol. The van der Waals surface area contributed by atoms with Gasteiger partial charge in [0.15, 0.2) is 0 Å². The van der Waals surface area contributed by atoms with Crippen molar-refractivity contribution in [2.75, 3.05) is 19.6 Å². The summed E-state index contributed by atoms with van der Waals surface area (Å²) in [4.78, 5) is 27.0. The normalized spacial score (nSPS) is 19.8. The fourth-order valence-corrected chi connectivity index (χ4v) is 4.64. The first-order valence-corrected chi connectivity index (χ1v) is 11.4. The monoisotopic (exact) mass is 432 g/mol. The number of benzene rings is 2. The molecule has 2 amide bonds. The lowest BCUT2D eigenvalue weighted by Crippen LogP contribution is -2.44. The van der Waals surface area contributed by atoms with Crippen LogP contribution < -0.4 is 5.73 Å². The van der Waals surface area contributed by atoms with Crippen molar-refractivity contribution in [3.8, 4) is 0 Å². The van der Waals surface area contributed by atoms with Crippen LogP contribution in [0.25, 0.3) is 0 Å². The number of nitrogens with two attached hydrogens (primary N) is 1. The van der Waals surface area contributed by atoms with Gasteiger partial charge in [-0.25, -0.2) is 5.01 Å². The number of hydrazone groups is 1. The molecule has 0 aliphatic carbocycles. The van der Waals surface area contributed by atoms with E-state index in [0.29, 0.717) is 38.9 Å². The average molecular weight is 433 g/mol. The number of rotatable bonds is 5. The van der Waals surface area contributed by atoms with Crippen molar-refractivity contribution in [3.05, 3.63) is 70.3 Å². The van der Waals surface area contributed by atoms with Crippen LogP contribution in [0.15, 0.2) is 47.6 Å². The summed E-state index contributed by atoms with van der Waals surface area (Å²) in [5.74, 6) is -0.325. The fraction of sp³-hybridized carbons (Fsp3) is 0.423. The molecule has 0 aromatic heterocycles. The van der Waals surface area contributed by atoms with Crippen molar-refractivity contribution in [2.24, 2.45) is 16.8 Å². The maximum Gasteiger partial charge on any atom is 0.257 e. The van der Waals surface area contributed by atoms with E-state index < -0.39 is 0 Å². The molecule has 4 rings (SSSR count). The molecule has 6 heteroatoms. The van der Waals surface area contributed by atoms with E-state index in [1.165, 1.54) is 16.7 Å². The second kappa shape index (κ2) is 9.25. The van der Waals surface area contributed by atoms with Crippen LogP contribution >= 0.6 is 0 Å². The van der Waals surface area contributed by atoms with E-state index in [1.54, 1.807) is 5.01 Å². The van der Waals surface area contributed by atoms with Gasteiger partial charge in [0.05, 0.1) is 18.3 Å². The zero-order chi connectivity index (χ0) is 22.8. The number of primary amides is 1. The van der Waals surface area contributed by atoms with Gasteiger partial charge >= 0.3 is 0 Å². The van der Waals surface area contributed by atoms with E-state index in [-0.39, 0.29) is 23.8 Å². The van der Waals surface area contributed by atoms with Gasteiger partial charge in [-0.3, -0.25) is 14.5 Å². The second-order valence-electron chi connectivity index (χ2n) is 9.19. The van der Waals surface area contributed by atoms with Crippen LogP contribution in [0.1, 0.15) is 53.1 Å². The van der Waals surface area contributed by atoms with E-state index >= 15 is 0 Å². The van der Waals surface area contributed by atoms with Gasteiger partial charge in [0.2, 0.25) is 5.91 Å². The molecular formula is C26H32N4O2. The Balaban J connectivity index is 1.57. The summed E-state index contributed by atoms with van der Waals surface area (Å²) in [5.41, 5.74) is 12.2. The number of hydrogen-bond donors (Lipinski definition) is 1. The number of nitrogens with zero attached hydrogens (tertiary/aromatic N) is 3. The summed E-state index contributed by atoms with van der Waals surface area (Å²) in [6.45, 7) is 7.94. The summed E-state index contributed by atoms with van der Waals surface area (Å²) in [6, 6.07) is 14.6. The van der Waals surface area contributed by atoms with Crippen LogP contribution in [-0.4, -0.2) is 47.1 Å². The Morgan fingerprint density at radius 3 is 2.31 bits per heavy atom. The SMILES string of the molecule is Cc1ccc([C@H]2CC(c3cc(C)ccc3C)=NN2C(=O)CN2CCC(C(N)=O)CC2)cc1. The summed E-state index contributed by atoms with van der Waals surface area (Å²) < 4.78 is 0. The number of carbonyl (C=O) groups excluding carboxylic acids is 2. The van der Waals surface area contributed by atoms with Crippen molar-refractivity contribution in [3.63, 3.8) is 0 Å². The van der Waals surface area contributed by atoms with E-state index in [4.69, 9.17) is 10.8 Å². The Hall–Kier alpha value is -2.99. The first kappa shape index (κ1) is 22.2. The van der Waals surface area contributed by atoms with Gasteiger partial charge in [-0.2, -0.15) is 5.10 Å². The lowest BCUT2D eigenvalue weighted by Gasteiger charge is -2.31. The van der Waals surface area contributed by atoms with Gasteiger partial charge in [-0.15, -0.1) is 0 Å². The molecule has 0 saturated carbocycles. The standard InChI is InChI=1S/C26H32N4O2/c1-17-5-8-20(9-6-17)24-15-23(22-14-18(2)4-7-19(22)3)28-30(24)25(31)16-29-12-10-21(11-13-29)26(27)32/h4-9,14,21,24H,10-13,15-16H2,1-3H3,(H2,27,32)/t24-/m1/s1. The van der Waals surface area contributed by atoms with E-state index in [0.717, 1.165) is 16.8 Å². The van der Waals surface area contributed by atoms with Gasteiger partial charge < -0.3 is 5.73 Å². The Morgan fingerprint density at radius 2 is 1.66 bits per heavy atom. The van der Waals surface area contributed by atoms with Gasteiger partial charge in [0.25, 0.3) is 5.91 Å². The molecule has 1 atom stereocenters. The number of likely N-dealkylation sites (tertiary alicyclic amines) is 1. The van der Waals surface area contributed by atoms with Crippen LogP contribution in [0.2, 0.25) is 0 Å².